The van der Waals surface area contributed by atoms with Gasteiger partial charge in [-0.05, 0) is 62.2 Å². The van der Waals surface area contributed by atoms with E-state index in [0.717, 1.165) is 28.2 Å². The molecule has 30 heavy (non-hydrogen) atoms. The first-order chi connectivity index (χ1) is 14.5. The fraction of sp³-hybridized carbons (Fsp3) is 0.318. The molecule has 158 valence electrons. The molecule has 0 aliphatic rings. The topological polar surface area (TPSA) is 69.0 Å². The average Bonchev–Trinajstić information content (AvgIpc) is 3.17. The van der Waals surface area contributed by atoms with Crippen LogP contribution in [0.15, 0.2) is 58.2 Å². The summed E-state index contributed by atoms with van der Waals surface area (Å²) in [5.74, 6) is 1.71. The quantitative estimate of drug-likeness (QED) is 0.403. The van der Waals surface area contributed by atoms with Gasteiger partial charge in [0.25, 0.3) is 0 Å². The van der Waals surface area contributed by atoms with Crippen LogP contribution >= 0.6 is 27.7 Å². The standard InChI is InChI=1S/C22H25BrN4O2S/c1-4-16-6-12-19(13-7-16)29-15(3)21-25-26-22(27(21)5-2)30-14-20(28)24-18-10-8-17(23)9-11-18/h6-13,15H,4-5,14H2,1-3H3,(H,24,28)/t15-/m0/s1. The maximum absolute atomic E-state index is 12.3. The van der Waals surface area contributed by atoms with Crippen molar-refractivity contribution in [2.45, 2.75) is 45.0 Å². The molecule has 0 bridgehead atoms. The molecule has 1 heterocycles. The van der Waals surface area contributed by atoms with E-state index in [-0.39, 0.29) is 17.8 Å². The molecule has 3 rings (SSSR count). The summed E-state index contributed by atoms with van der Waals surface area (Å²) in [6, 6.07) is 15.6. The predicted molar refractivity (Wildman–Crippen MR) is 124 cm³/mol. The molecule has 0 radical (unpaired) electrons. The number of carbonyl (C=O) groups is 1. The van der Waals surface area contributed by atoms with Crippen molar-refractivity contribution in [3.8, 4) is 5.75 Å². The van der Waals surface area contributed by atoms with Crippen molar-refractivity contribution in [2.75, 3.05) is 11.1 Å². The number of anilines is 1. The van der Waals surface area contributed by atoms with E-state index in [4.69, 9.17) is 4.74 Å². The minimum atomic E-state index is -0.254. The molecule has 6 nitrogen and oxygen atoms in total. The van der Waals surface area contributed by atoms with Gasteiger partial charge in [0.15, 0.2) is 17.1 Å². The molecule has 1 atom stereocenters. The monoisotopic (exact) mass is 488 g/mol. The Morgan fingerprint density at radius 3 is 2.47 bits per heavy atom. The van der Waals surface area contributed by atoms with Gasteiger partial charge in [-0.1, -0.05) is 46.7 Å². The maximum atomic E-state index is 12.3. The summed E-state index contributed by atoms with van der Waals surface area (Å²) in [7, 11) is 0. The summed E-state index contributed by atoms with van der Waals surface area (Å²) in [4.78, 5) is 12.3. The van der Waals surface area contributed by atoms with Crippen molar-refractivity contribution < 1.29 is 9.53 Å². The van der Waals surface area contributed by atoms with Gasteiger partial charge in [-0.25, -0.2) is 0 Å². The number of amides is 1. The Hall–Kier alpha value is -2.32. The van der Waals surface area contributed by atoms with E-state index < -0.39 is 0 Å². The summed E-state index contributed by atoms with van der Waals surface area (Å²) in [6.07, 6.45) is 0.742. The summed E-state index contributed by atoms with van der Waals surface area (Å²) >= 11 is 4.75. The highest BCUT2D eigenvalue weighted by Crippen LogP contribution is 2.25. The van der Waals surface area contributed by atoms with Gasteiger partial charge in [-0.3, -0.25) is 4.79 Å². The number of rotatable bonds is 9. The maximum Gasteiger partial charge on any atom is 0.234 e. The molecule has 0 aliphatic carbocycles. The predicted octanol–water partition coefficient (Wildman–Crippen LogP) is 5.49. The third-order valence-electron chi connectivity index (χ3n) is 4.53. The highest BCUT2D eigenvalue weighted by atomic mass is 79.9. The van der Waals surface area contributed by atoms with Gasteiger partial charge in [-0.15, -0.1) is 10.2 Å². The van der Waals surface area contributed by atoms with E-state index >= 15 is 0 Å². The summed E-state index contributed by atoms with van der Waals surface area (Å²) < 4.78 is 9.01. The van der Waals surface area contributed by atoms with Crippen molar-refractivity contribution in [2.24, 2.45) is 0 Å². The van der Waals surface area contributed by atoms with Crippen LogP contribution in [0.5, 0.6) is 5.75 Å². The fourth-order valence-electron chi connectivity index (χ4n) is 2.93. The van der Waals surface area contributed by atoms with Gasteiger partial charge in [-0.2, -0.15) is 0 Å². The van der Waals surface area contributed by atoms with Crippen molar-refractivity contribution in [1.82, 2.24) is 14.8 Å². The van der Waals surface area contributed by atoms with Crippen molar-refractivity contribution >= 4 is 39.3 Å². The van der Waals surface area contributed by atoms with E-state index in [0.29, 0.717) is 11.7 Å². The van der Waals surface area contributed by atoms with E-state index in [2.05, 4.69) is 50.5 Å². The second-order valence-electron chi connectivity index (χ2n) is 6.69. The lowest BCUT2D eigenvalue weighted by atomic mass is 10.2. The third kappa shape index (κ3) is 5.86. The molecule has 0 saturated heterocycles. The molecule has 8 heteroatoms. The zero-order chi connectivity index (χ0) is 21.5. The fourth-order valence-corrected chi connectivity index (χ4v) is 4.00. The van der Waals surface area contributed by atoms with Crippen LogP contribution < -0.4 is 10.1 Å². The summed E-state index contributed by atoms with van der Waals surface area (Å²) in [6.45, 7) is 6.81. The Labute approximate surface area is 189 Å². The molecule has 2 aromatic carbocycles. The highest BCUT2D eigenvalue weighted by molar-refractivity contribution is 9.10. The largest absolute Gasteiger partial charge is 0.483 e. The lowest BCUT2D eigenvalue weighted by Gasteiger charge is -2.16. The first-order valence-electron chi connectivity index (χ1n) is 9.87. The van der Waals surface area contributed by atoms with E-state index in [9.17, 15) is 4.79 Å². The van der Waals surface area contributed by atoms with Gasteiger partial charge >= 0.3 is 0 Å². The molecule has 0 unspecified atom stereocenters. The number of nitrogens with zero attached hydrogens (tertiary/aromatic N) is 3. The first-order valence-corrected chi connectivity index (χ1v) is 11.6. The Morgan fingerprint density at radius 1 is 1.13 bits per heavy atom. The number of ether oxygens (including phenoxy) is 1. The zero-order valence-electron chi connectivity index (χ0n) is 17.3. The number of benzene rings is 2. The van der Waals surface area contributed by atoms with Crippen LogP contribution in [0.3, 0.4) is 0 Å². The second-order valence-corrected chi connectivity index (χ2v) is 8.54. The molecular formula is C22H25BrN4O2S. The van der Waals surface area contributed by atoms with Crippen molar-refractivity contribution in [3.63, 3.8) is 0 Å². The van der Waals surface area contributed by atoms with Crippen molar-refractivity contribution in [3.05, 3.63) is 64.4 Å². The number of thioether (sulfide) groups is 1. The number of carbonyl (C=O) groups excluding carboxylic acids is 1. The minimum absolute atomic E-state index is 0.0881. The van der Waals surface area contributed by atoms with E-state index in [1.54, 1.807) is 0 Å². The Morgan fingerprint density at radius 2 is 1.83 bits per heavy atom. The van der Waals surface area contributed by atoms with Crippen LogP contribution in [0.2, 0.25) is 0 Å². The summed E-state index contributed by atoms with van der Waals surface area (Å²) in [5, 5.41) is 12.2. The van der Waals surface area contributed by atoms with Gasteiger partial charge < -0.3 is 14.6 Å². The number of nitrogens with one attached hydrogen (secondary N) is 1. The van der Waals surface area contributed by atoms with Crippen LogP contribution in [0.25, 0.3) is 0 Å². The Kier molecular flexibility index (Phi) is 7.93. The molecule has 1 N–H and O–H groups in total. The summed E-state index contributed by atoms with van der Waals surface area (Å²) in [5.41, 5.74) is 2.03. The van der Waals surface area contributed by atoms with Crippen LogP contribution in [-0.2, 0) is 17.8 Å². The molecule has 0 aliphatic heterocycles. The van der Waals surface area contributed by atoms with Gasteiger partial charge in [0.2, 0.25) is 5.91 Å². The molecule has 0 saturated carbocycles. The third-order valence-corrected chi connectivity index (χ3v) is 6.03. The molecular weight excluding hydrogens is 464 g/mol. The van der Waals surface area contributed by atoms with Crippen LogP contribution in [0.1, 0.15) is 38.3 Å². The van der Waals surface area contributed by atoms with Crippen LogP contribution in [-0.4, -0.2) is 26.4 Å². The number of hydrogen-bond donors (Lipinski definition) is 1. The number of aromatic nitrogens is 3. The normalized spacial score (nSPS) is 11.9. The Bertz CT molecular complexity index is 974. The molecule has 0 fully saturated rings. The smallest absolute Gasteiger partial charge is 0.234 e. The first kappa shape index (κ1) is 22.4. The Balaban J connectivity index is 1.61. The van der Waals surface area contributed by atoms with E-state index in [1.807, 2.05) is 54.8 Å². The molecule has 0 spiro atoms. The van der Waals surface area contributed by atoms with Gasteiger partial charge in [0.1, 0.15) is 5.75 Å². The SMILES string of the molecule is CCc1ccc(O[C@@H](C)c2nnc(SCC(=O)Nc3ccc(Br)cc3)n2CC)cc1. The van der Waals surface area contributed by atoms with Gasteiger partial charge in [0.05, 0.1) is 5.75 Å². The average molecular weight is 489 g/mol. The molecule has 1 amide bonds. The minimum Gasteiger partial charge on any atom is -0.483 e. The highest BCUT2D eigenvalue weighted by Gasteiger charge is 2.19. The van der Waals surface area contributed by atoms with Crippen LogP contribution in [0.4, 0.5) is 5.69 Å². The number of hydrogen-bond acceptors (Lipinski definition) is 5. The van der Waals surface area contributed by atoms with Gasteiger partial charge in [0, 0.05) is 16.7 Å². The zero-order valence-corrected chi connectivity index (χ0v) is 19.7. The number of halogens is 1. The molecule has 1 aromatic heterocycles. The molecule has 3 aromatic rings. The lowest BCUT2D eigenvalue weighted by molar-refractivity contribution is -0.113. The van der Waals surface area contributed by atoms with Crippen molar-refractivity contribution in [1.29, 1.82) is 0 Å². The second kappa shape index (κ2) is 10.6. The lowest BCUT2D eigenvalue weighted by Crippen LogP contribution is -2.15. The van der Waals surface area contributed by atoms with Crippen LogP contribution in [0, 0.1) is 0 Å². The van der Waals surface area contributed by atoms with E-state index in [1.165, 1.54) is 17.3 Å². The number of aryl methyl sites for hydroxylation is 1.